The normalized spacial score (nSPS) is 11.6. The Hall–Kier alpha value is -3.41. The van der Waals surface area contributed by atoms with E-state index in [1.165, 1.54) is 5.56 Å². The number of benzene rings is 2. The lowest BCUT2D eigenvalue weighted by Gasteiger charge is -2.17. The average Bonchev–Trinajstić information content (AvgIpc) is 2.75. The van der Waals surface area contributed by atoms with Crippen molar-refractivity contribution >= 4 is 5.91 Å². The molecule has 1 heterocycles. The van der Waals surface area contributed by atoms with Gasteiger partial charge in [0, 0.05) is 11.6 Å². The van der Waals surface area contributed by atoms with E-state index in [1.807, 2.05) is 69.3 Å². The molecule has 0 radical (unpaired) electrons. The van der Waals surface area contributed by atoms with Crippen molar-refractivity contribution in [2.45, 2.75) is 33.8 Å². The Morgan fingerprint density at radius 2 is 1.77 bits per heavy atom. The van der Waals surface area contributed by atoms with Gasteiger partial charge in [0.2, 0.25) is 5.88 Å². The summed E-state index contributed by atoms with van der Waals surface area (Å²) in [4.78, 5) is 12.3. The number of carbonyl (C=O) groups is 1. The van der Waals surface area contributed by atoms with Crippen LogP contribution in [0.15, 0.2) is 54.6 Å². The highest BCUT2D eigenvalue weighted by Gasteiger charge is 2.15. The number of carbonyl (C=O) groups excluding carboxylic acids is 1. The Kier molecular flexibility index (Phi) is 7.01. The van der Waals surface area contributed by atoms with Crippen LogP contribution in [0.5, 0.6) is 11.6 Å². The standard InChI is InChI=1S/C24H27N3O3/c1-16-8-10-20(11-9-16)21-12-13-23(27-26-21)29-15-14-25-24(28)19(4)30-22-7-5-6-17(2)18(22)3/h5-13,19H,14-15H2,1-4H3,(H,25,28). The molecule has 1 unspecified atom stereocenters. The SMILES string of the molecule is Cc1ccc(-c2ccc(OCCNC(=O)C(C)Oc3cccc(C)c3C)nn2)cc1. The molecule has 3 rings (SSSR count). The summed E-state index contributed by atoms with van der Waals surface area (Å²) in [5.74, 6) is 0.943. The molecular weight excluding hydrogens is 378 g/mol. The molecule has 0 spiro atoms. The zero-order valence-corrected chi connectivity index (χ0v) is 17.8. The van der Waals surface area contributed by atoms with Crippen molar-refractivity contribution in [3.05, 3.63) is 71.3 Å². The van der Waals surface area contributed by atoms with Crippen LogP contribution < -0.4 is 14.8 Å². The molecule has 30 heavy (non-hydrogen) atoms. The lowest BCUT2D eigenvalue weighted by molar-refractivity contribution is -0.127. The van der Waals surface area contributed by atoms with Gasteiger partial charge in [0.1, 0.15) is 12.4 Å². The van der Waals surface area contributed by atoms with E-state index in [0.29, 0.717) is 19.0 Å². The molecule has 6 nitrogen and oxygen atoms in total. The maximum absolute atomic E-state index is 12.3. The monoisotopic (exact) mass is 405 g/mol. The van der Waals surface area contributed by atoms with E-state index >= 15 is 0 Å². The molecule has 2 aromatic carbocycles. The lowest BCUT2D eigenvalue weighted by atomic mass is 10.1. The fourth-order valence-electron chi connectivity index (χ4n) is 2.84. The second kappa shape index (κ2) is 9.87. The Labute approximate surface area is 177 Å². The minimum Gasteiger partial charge on any atom is -0.481 e. The number of nitrogens with zero attached hydrogens (tertiary/aromatic N) is 2. The van der Waals surface area contributed by atoms with Crippen LogP contribution in [0.1, 0.15) is 23.6 Å². The van der Waals surface area contributed by atoms with E-state index in [1.54, 1.807) is 13.0 Å². The van der Waals surface area contributed by atoms with Gasteiger partial charge in [0.25, 0.3) is 5.91 Å². The van der Waals surface area contributed by atoms with Crippen molar-refractivity contribution in [2.24, 2.45) is 0 Å². The lowest BCUT2D eigenvalue weighted by Crippen LogP contribution is -2.38. The van der Waals surface area contributed by atoms with Crippen molar-refractivity contribution in [2.75, 3.05) is 13.2 Å². The molecule has 0 fully saturated rings. The third-order valence-corrected chi connectivity index (χ3v) is 4.87. The third-order valence-electron chi connectivity index (χ3n) is 4.87. The number of aryl methyl sites for hydroxylation is 2. The molecule has 1 amide bonds. The van der Waals surface area contributed by atoms with E-state index in [2.05, 4.69) is 15.5 Å². The first-order valence-corrected chi connectivity index (χ1v) is 9.98. The first-order valence-electron chi connectivity index (χ1n) is 9.98. The fourth-order valence-corrected chi connectivity index (χ4v) is 2.84. The second-order valence-corrected chi connectivity index (χ2v) is 7.22. The van der Waals surface area contributed by atoms with Crippen molar-refractivity contribution in [1.82, 2.24) is 15.5 Å². The third kappa shape index (κ3) is 5.56. The van der Waals surface area contributed by atoms with Gasteiger partial charge in [-0.25, -0.2) is 0 Å². The number of hydrogen-bond acceptors (Lipinski definition) is 5. The van der Waals surface area contributed by atoms with Crippen LogP contribution >= 0.6 is 0 Å². The zero-order valence-electron chi connectivity index (χ0n) is 17.8. The number of aromatic nitrogens is 2. The van der Waals surface area contributed by atoms with Crippen LogP contribution in [0, 0.1) is 20.8 Å². The molecule has 1 aromatic heterocycles. The van der Waals surface area contributed by atoms with E-state index in [0.717, 1.165) is 28.1 Å². The highest BCUT2D eigenvalue weighted by molar-refractivity contribution is 5.80. The summed E-state index contributed by atoms with van der Waals surface area (Å²) in [7, 11) is 0. The molecule has 0 bridgehead atoms. The maximum atomic E-state index is 12.3. The highest BCUT2D eigenvalue weighted by Crippen LogP contribution is 2.22. The fraction of sp³-hybridized carbons (Fsp3) is 0.292. The number of nitrogens with one attached hydrogen (secondary N) is 1. The number of rotatable bonds is 8. The van der Waals surface area contributed by atoms with E-state index < -0.39 is 6.10 Å². The topological polar surface area (TPSA) is 73.3 Å². The van der Waals surface area contributed by atoms with Crippen LogP contribution in [0.4, 0.5) is 0 Å². The molecule has 0 aliphatic rings. The van der Waals surface area contributed by atoms with Crippen LogP contribution in [0.2, 0.25) is 0 Å². The van der Waals surface area contributed by atoms with Gasteiger partial charge in [-0.05, 0) is 51.0 Å². The van der Waals surface area contributed by atoms with Crippen molar-refractivity contribution < 1.29 is 14.3 Å². The predicted molar refractivity (Wildman–Crippen MR) is 117 cm³/mol. The van der Waals surface area contributed by atoms with Gasteiger partial charge >= 0.3 is 0 Å². The van der Waals surface area contributed by atoms with Crippen LogP contribution in [-0.4, -0.2) is 35.4 Å². The Morgan fingerprint density at radius 3 is 2.47 bits per heavy atom. The van der Waals surface area contributed by atoms with Gasteiger partial charge in [0.05, 0.1) is 12.2 Å². The Morgan fingerprint density at radius 1 is 1.00 bits per heavy atom. The summed E-state index contributed by atoms with van der Waals surface area (Å²) in [6.45, 7) is 8.41. The highest BCUT2D eigenvalue weighted by atomic mass is 16.5. The van der Waals surface area contributed by atoms with Crippen LogP contribution in [-0.2, 0) is 4.79 Å². The molecule has 1 atom stereocenters. The van der Waals surface area contributed by atoms with Crippen molar-refractivity contribution in [3.63, 3.8) is 0 Å². The molecule has 6 heteroatoms. The zero-order chi connectivity index (χ0) is 21.5. The molecule has 156 valence electrons. The van der Waals surface area contributed by atoms with Gasteiger partial charge in [-0.3, -0.25) is 4.79 Å². The minimum atomic E-state index is -0.598. The molecule has 0 saturated carbocycles. The van der Waals surface area contributed by atoms with Crippen molar-refractivity contribution in [3.8, 4) is 22.9 Å². The summed E-state index contributed by atoms with van der Waals surface area (Å²) >= 11 is 0. The smallest absolute Gasteiger partial charge is 0.260 e. The summed E-state index contributed by atoms with van der Waals surface area (Å²) in [6.07, 6.45) is -0.598. The molecular formula is C24H27N3O3. The molecule has 3 aromatic rings. The summed E-state index contributed by atoms with van der Waals surface area (Å²) in [6, 6.07) is 17.5. The largest absolute Gasteiger partial charge is 0.481 e. The molecule has 0 aliphatic heterocycles. The Bertz CT molecular complexity index is 986. The minimum absolute atomic E-state index is 0.194. The first kappa shape index (κ1) is 21.3. The van der Waals surface area contributed by atoms with Gasteiger partial charge in [-0.2, -0.15) is 0 Å². The number of amides is 1. The van der Waals surface area contributed by atoms with E-state index in [4.69, 9.17) is 9.47 Å². The first-order chi connectivity index (χ1) is 14.4. The van der Waals surface area contributed by atoms with E-state index in [9.17, 15) is 4.79 Å². The van der Waals surface area contributed by atoms with Crippen LogP contribution in [0.3, 0.4) is 0 Å². The summed E-state index contributed by atoms with van der Waals surface area (Å²) < 4.78 is 11.4. The number of ether oxygens (including phenoxy) is 2. The van der Waals surface area contributed by atoms with Gasteiger partial charge in [-0.15, -0.1) is 10.2 Å². The van der Waals surface area contributed by atoms with Gasteiger partial charge < -0.3 is 14.8 Å². The van der Waals surface area contributed by atoms with Gasteiger partial charge in [0.15, 0.2) is 6.10 Å². The van der Waals surface area contributed by atoms with Crippen LogP contribution in [0.25, 0.3) is 11.3 Å². The second-order valence-electron chi connectivity index (χ2n) is 7.22. The average molecular weight is 405 g/mol. The molecule has 0 saturated heterocycles. The summed E-state index contributed by atoms with van der Waals surface area (Å²) in [5.41, 5.74) is 5.15. The quantitative estimate of drug-likeness (QED) is 0.573. The molecule has 1 N–H and O–H groups in total. The van der Waals surface area contributed by atoms with E-state index in [-0.39, 0.29) is 5.91 Å². The number of hydrogen-bond donors (Lipinski definition) is 1. The van der Waals surface area contributed by atoms with Gasteiger partial charge in [-0.1, -0.05) is 42.0 Å². The van der Waals surface area contributed by atoms with Crippen molar-refractivity contribution in [1.29, 1.82) is 0 Å². The Balaban J connectivity index is 1.43. The summed E-state index contributed by atoms with van der Waals surface area (Å²) in [5, 5.41) is 11.1. The predicted octanol–water partition coefficient (Wildman–Crippen LogP) is 4.03. The maximum Gasteiger partial charge on any atom is 0.260 e. The molecule has 0 aliphatic carbocycles.